The Balaban J connectivity index is 1.88. The van der Waals surface area contributed by atoms with Gasteiger partial charge in [0.2, 0.25) is 0 Å². The Labute approximate surface area is 111 Å². The van der Waals surface area contributed by atoms with Gasteiger partial charge < -0.3 is 5.32 Å². The maximum absolute atomic E-state index is 5.87. The molecule has 2 atom stereocenters. The van der Waals surface area contributed by atoms with Crippen molar-refractivity contribution >= 4 is 11.6 Å². The molecule has 0 heterocycles. The normalized spacial score (nSPS) is 31.4. The van der Waals surface area contributed by atoms with Crippen molar-refractivity contribution in [2.75, 3.05) is 6.54 Å². The summed E-state index contributed by atoms with van der Waals surface area (Å²) in [5.74, 6) is 1.88. The highest BCUT2D eigenvalue weighted by Gasteiger charge is 2.31. The molecule has 0 aromatic heterocycles. The molecule has 1 N–H and O–H groups in total. The highest BCUT2D eigenvalue weighted by Crippen LogP contribution is 2.38. The van der Waals surface area contributed by atoms with Gasteiger partial charge in [0.1, 0.15) is 0 Å². The first-order valence-electron chi connectivity index (χ1n) is 7.34. The van der Waals surface area contributed by atoms with Gasteiger partial charge in [-0.3, -0.25) is 0 Å². The first-order chi connectivity index (χ1) is 8.27. The first kappa shape index (κ1) is 13.4. The van der Waals surface area contributed by atoms with Crippen molar-refractivity contribution in [1.82, 2.24) is 5.32 Å². The predicted octanol–water partition coefficient (Wildman–Crippen LogP) is 4.47. The van der Waals surface area contributed by atoms with Crippen LogP contribution >= 0.6 is 11.6 Å². The molecule has 98 valence electrons. The maximum atomic E-state index is 5.87. The number of rotatable bonds is 4. The van der Waals surface area contributed by atoms with Gasteiger partial charge in [-0.1, -0.05) is 63.1 Å². The van der Waals surface area contributed by atoms with E-state index in [1.54, 1.807) is 0 Å². The summed E-state index contributed by atoms with van der Waals surface area (Å²) >= 11 is 5.87. The molecule has 2 aliphatic rings. The van der Waals surface area contributed by atoms with Crippen LogP contribution < -0.4 is 5.32 Å². The Bertz CT molecular complexity index is 245. The molecular formula is C15H26ClN. The molecule has 0 aliphatic heterocycles. The van der Waals surface area contributed by atoms with Crippen molar-refractivity contribution in [3.8, 4) is 0 Å². The van der Waals surface area contributed by atoms with Gasteiger partial charge in [-0.25, -0.2) is 0 Å². The summed E-state index contributed by atoms with van der Waals surface area (Å²) in [5, 5.41) is 4.39. The van der Waals surface area contributed by atoms with Crippen LogP contribution in [0.1, 0.15) is 57.8 Å². The number of hydrogen-bond donors (Lipinski definition) is 1. The molecule has 0 aromatic carbocycles. The number of nitrogens with one attached hydrogen (secondary N) is 1. The van der Waals surface area contributed by atoms with Crippen LogP contribution in [0.4, 0.5) is 0 Å². The van der Waals surface area contributed by atoms with Crippen LogP contribution in [0.25, 0.3) is 0 Å². The lowest BCUT2D eigenvalue weighted by Gasteiger charge is -2.39. The number of hydrogen-bond acceptors (Lipinski definition) is 1. The molecule has 0 spiro atoms. The molecule has 2 rings (SSSR count). The van der Waals surface area contributed by atoms with E-state index < -0.39 is 0 Å². The fourth-order valence-corrected chi connectivity index (χ4v) is 3.86. The lowest BCUT2D eigenvalue weighted by Crippen LogP contribution is -2.42. The van der Waals surface area contributed by atoms with E-state index in [1.165, 1.54) is 57.8 Å². The molecule has 1 nitrogen and oxygen atoms in total. The third-order valence-corrected chi connectivity index (χ3v) is 4.76. The topological polar surface area (TPSA) is 12.0 Å². The van der Waals surface area contributed by atoms with Crippen molar-refractivity contribution < 1.29 is 0 Å². The van der Waals surface area contributed by atoms with E-state index >= 15 is 0 Å². The monoisotopic (exact) mass is 255 g/mol. The van der Waals surface area contributed by atoms with E-state index in [9.17, 15) is 0 Å². The van der Waals surface area contributed by atoms with Gasteiger partial charge in [0.25, 0.3) is 0 Å². The van der Waals surface area contributed by atoms with Gasteiger partial charge in [-0.05, 0) is 24.7 Å². The Morgan fingerprint density at radius 1 is 1.00 bits per heavy atom. The molecule has 0 radical (unpaired) electrons. The zero-order valence-electron chi connectivity index (χ0n) is 10.9. The van der Waals surface area contributed by atoms with Crippen molar-refractivity contribution in [2.24, 2.45) is 11.8 Å². The molecular weight excluding hydrogens is 230 g/mol. The molecule has 2 saturated carbocycles. The van der Waals surface area contributed by atoms with Gasteiger partial charge in [-0.15, -0.1) is 0 Å². The third kappa shape index (κ3) is 3.99. The van der Waals surface area contributed by atoms with Gasteiger partial charge in [0.05, 0.1) is 0 Å². The second-order valence-electron chi connectivity index (χ2n) is 5.85. The minimum atomic E-state index is 0.697. The predicted molar refractivity (Wildman–Crippen MR) is 75.3 cm³/mol. The summed E-state index contributed by atoms with van der Waals surface area (Å²) in [6.07, 6.45) is 12.9. The van der Waals surface area contributed by atoms with E-state index in [0.29, 0.717) is 6.04 Å². The van der Waals surface area contributed by atoms with Crippen molar-refractivity contribution in [3.05, 3.63) is 11.6 Å². The summed E-state index contributed by atoms with van der Waals surface area (Å²) in [6.45, 7) is 4.57. The fraction of sp³-hybridized carbons (Fsp3) is 0.867. The lowest BCUT2D eigenvalue weighted by molar-refractivity contribution is 0.152. The summed E-state index contributed by atoms with van der Waals surface area (Å²) in [5.41, 5.74) is 0. The van der Waals surface area contributed by atoms with E-state index in [0.717, 1.165) is 23.4 Å². The van der Waals surface area contributed by atoms with Crippen molar-refractivity contribution in [2.45, 2.75) is 63.8 Å². The molecule has 2 fully saturated rings. The highest BCUT2D eigenvalue weighted by molar-refractivity contribution is 6.29. The van der Waals surface area contributed by atoms with E-state index in [1.807, 2.05) is 0 Å². The van der Waals surface area contributed by atoms with Gasteiger partial charge in [0, 0.05) is 17.6 Å². The molecule has 2 unspecified atom stereocenters. The molecule has 0 saturated heterocycles. The largest absolute Gasteiger partial charge is 0.309 e. The highest BCUT2D eigenvalue weighted by atomic mass is 35.5. The Hall–Kier alpha value is -0.0100. The van der Waals surface area contributed by atoms with E-state index in [2.05, 4.69) is 11.9 Å². The van der Waals surface area contributed by atoms with Gasteiger partial charge >= 0.3 is 0 Å². The molecule has 0 bridgehead atoms. The van der Waals surface area contributed by atoms with Gasteiger partial charge in [0.15, 0.2) is 0 Å². The second kappa shape index (κ2) is 6.80. The average molecular weight is 256 g/mol. The van der Waals surface area contributed by atoms with Crippen LogP contribution in [-0.4, -0.2) is 12.6 Å². The zero-order valence-corrected chi connectivity index (χ0v) is 11.6. The van der Waals surface area contributed by atoms with Crippen molar-refractivity contribution in [1.29, 1.82) is 0 Å². The maximum Gasteiger partial charge on any atom is 0.0310 e. The third-order valence-electron chi connectivity index (χ3n) is 4.63. The number of halogens is 1. The fourth-order valence-electron chi connectivity index (χ4n) is 3.78. The summed E-state index contributed by atoms with van der Waals surface area (Å²) in [4.78, 5) is 0. The minimum absolute atomic E-state index is 0.697. The SMILES string of the molecule is C=C(Cl)CNC1CCCCC1C1CCCCC1. The lowest BCUT2D eigenvalue weighted by atomic mass is 9.71. The van der Waals surface area contributed by atoms with Crippen LogP contribution in [0.5, 0.6) is 0 Å². The van der Waals surface area contributed by atoms with Crippen LogP contribution in [0.15, 0.2) is 11.6 Å². The van der Waals surface area contributed by atoms with Crippen LogP contribution in [0, 0.1) is 11.8 Å². The molecule has 2 aliphatic carbocycles. The van der Waals surface area contributed by atoms with E-state index in [4.69, 9.17) is 11.6 Å². The summed E-state index contributed by atoms with van der Waals surface area (Å²) in [6, 6.07) is 0.697. The smallest absolute Gasteiger partial charge is 0.0310 e. The zero-order chi connectivity index (χ0) is 12.1. The molecule has 17 heavy (non-hydrogen) atoms. The minimum Gasteiger partial charge on any atom is -0.309 e. The Kier molecular flexibility index (Phi) is 5.37. The summed E-state index contributed by atoms with van der Waals surface area (Å²) < 4.78 is 0. The Morgan fingerprint density at radius 2 is 1.65 bits per heavy atom. The quantitative estimate of drug-likeness (QED) is 0.782. The Morgan fingerprint density at radius 3 is 2.35 bits per heavy atom. The van der Waals surface area contributed by atoms with Crippen molar-refractivity contribution in [3.63, 3.8) is 0 Å². The van der Waals surface area contributed by atoms with Crippen LogP contribution in [-0.2, 0) is 0 Å². The van der Waals surface area contributed by atoms with E-state index in [-0.39, 0.29) is 0 Å². The first-order valence-corrected chi connectivity index (χ1v) is 7.72. The van der Waals surface area contributed by atoms with Gasteiger partial charge in [-0.2, -0.15) is 0 Å². The van der Waals surface area contributed by atoms with Crippen LogP contribution in [0.3, 0.4) is 0 Å². The molecule has 2 heteroatoms. The molecule has 0 amide bonds. The standard InChI is InChI=1S/C15H26ClN/c1-12(16)11-17-15-10-6-5-9-14(15)13-7-3-2-4-8-13/h13-15,17H,1-11H2. The summed E-state index contributed by atoms with van der Waals surface area (Å²) in [7, 11) is 0. The average Bonchev–Trinajstić information content (AvgIpc) is 2.38. The molecule has 0 aromatic rings. The second-order valence-corrected chi connectivity index (χ2v) is 6.39. The van der Waals surface area contributed by atoms with Crippen LogP contribution in [0.2, 0.25) is 0 Å².